The van der Waals surface area contributed by atoms with Crippen LogP contribution >= 0.6 is 0 Å². The zero-order valence-electron chi connectivity index (χ0n) is 10.2. The van der Waals surface area contributed by atoms with Gasteiger partial charge in [0.2, 0.25) is 0 Å². The summed E-state index contributed by atoms with van der Waals surface area (Å²) < 4.78 is 5.81. The van der Waals surface area contributed by atoms with E-state index < -0.39 is 0 Å². The molecule has 1 aliphatic heterocycles. The normalized spacial score (nSPS) is 33.2. The van der Waals surface area contributed by atoms with E-state index in [1.165, 1.54) is 38.5 Å². The summed E-state index contributed by atoms with van der Waals surface area (Å²) in [6.45, 7) is 6.54. The number of rotatable bonds is 6. The van der Waals surface area contributed by atoms with Crippen LogP contribution in [-0.2, 0) is 4.74 Å². The van der Waals surface area contributed by atoms with Crippen molar-refractivity contribution in [2.24, 2.45) is 5.92 Å². The van der Waals surface area contributed by atoms with Gasteiger partial charge in [0, 0.05) is 19.2 Å². The van der Waals surface area contributed by atoms with E-state index in [4.69, 9.17) is 4.74 Å². The lowest BCUT2D eigenvalue weighted by molar-refractivity contribution is 0.0179. The molecule has 2 fully saturated rings. The number of hydrogen-bond donors (Lipinski definition) is 1. The lowest BCUT2D eigenvalue weighted by atomic mass is 10.0. The highest BCUT2D eigenvalue weighted by molar-refractivity contribution is 4.90. The molecule has 0 aromatic carbocycles. The van der Waals surface area contributed by atoms with Crippen LogP contribution in [0.15, 0.2) is 0 Å². The van der Waals surface area contributed by atoms with Gasteiger partial charge in [0.1, 0.15) is 0 Å². The van der Waals surface area contributed by atoms with Gasteiger partial charge in [-0.2, -0.15) is 0 Å². The Kier molecular flexibility index (Phi) is 3.68. The fourth-order valence-corrected chi connectivity index (χ4v) is 2.64. The lowest BCUT2D eigenvalue weighted by Crippen LogP contribution is -2.43. The van der Waals surface area contributed by atoms with E-state index >= 15 is 0 Å². The molecule has 0 aromatic heterocycles. The van der Waals surface area contributed by atoms with Gasteiger partial charge in [0.25, 0.3) is 0 Å². The number of nitrogens with one attached hydrogen (secondary N) is 1. The maximum absolute atomic E-state index is 5.81. The van der Waals surface area contributed by atoms with Gasteiger partial charge < -0.3 is 10.1 Å². The maximum atomic E-state index is 5.81. The molecule has 0 aromatic rings. The van der Waals surface area contributed by atoms with Crippen molar-refractivity contribution >= 4 is 0 Å². The van der Waals surface area contributed by atoms with E-state index in [1.54, 1.807) is 0 Å². The molecule has 2 rings (SSSR count). The molecule has 2 aliphatic rings. The first kappa shape index (κ1) is 11.4. The highest BCUT2D eigenvalue weighted by Crippen LogP contribution is 2.35. The summed E-state index contributed by atoms with van der Waals surface area (Å²) in [7, 11) is 0. The summed E-state index contributed by atoms with van der Waals surface area (Å²) in [5.41, 5.74) is 0.126. The molecule has 0 bridgehead atoms. The largest absolute Gasteiger partial charge is 0.374 e. The van der Waals surface area contributed by atoms with Gasteiger partial charge in [0.05, 0.1) is 5.60 Å². The molecule has 1 saturated heterocycles. The van der Waals surface area contributed by atoms with Crippen LogP contribution in [0.5, 0.6) is 0 Å². The molecule has 2 atom stereocenters. The first-order valence-electron chi connectivity index (χ1n) is 6.61. The monoisotopic (exact) mass is 211 g/mol. The molecule has 2 nitrogen and oxygen atoms in total. The lowest BCUT2D eigenvalue weighted by Gasteiger charge is -2.27. The standard InChI is InChI=1S/C13H25NO/c1-3-5-12(11-6-7-11)14-10-13(2)8-4-9-15-13/h11-12,14H,3-10H2,1-2H3. The molecule has 0 radical (unpaired) electrons. The van der Waals surface area contributed by atoms with Gasteiger partial charge >= 0.3 is 0 Å². The van der Waals surface area contributed by atoms with Crippen LogP contribution in [0.1, 0.15) is 52.4 Å². The first-order valence-corrected chi connectivity index (χ1v) is 6.61. The molecule has 0 spiro atoms. The van der Waals surface area contributed by atoms with Gasteiger partial charge in [-0.25, -0.2) is 0 Å². The highest BCUT2D eigenvalue weighted by atomic mass is 16.5. The van der Waals surface area contributed by atoms with Crippen molar-refractivity contribution in [1.29, 1.82) is 0 Å². The second-order valence-electron chi connectivity index (χ2n) is 5.52. The van der Waals surface area contributed by atoms with Gasteiger partial charge in [-0.15, -0.1) is 0 Å². The Labute approximate surface area is 93.8 Å². The number of hydrogen-bond acceptors (Lipinski definition) is 2. The van der Waals surface area contributed by atoms with Crippen LogP contribution in [0.4, 0.5) is 0 Å². The van der Waals surface area contributed by atoms with Crippen LogP contribution in [0.2, 0.25) is 0 Å². The summed E-state index contributed by atoms with van der Waals surface area (Å²) in [4.78, 5) is 0. The molecular formula is C13H25NO. The average molecular weight is 211 g/mol. The molecule has 1 heterocycles. The van der Waals surface area contributed by atoms with Crippen molar-refractivity contribution in [3.05, 3.63) is 0 Å². The van der Waals surface area contributed by atoms with Crippen molar-refractivity contribution in [1.82, 2.24) is 5.32 Å². The van der Waals surface area contributed by atoms with Crippen molar-refractivity contribution in [3.8, 4) is 0 Å². The molecule has 1 saturated carbocycles. The minimum absolute atomic E-state index is 0.126. The second kappa shape index (κ2) is 4.84. The van der Waals surface area contributed by atoms with Gasteiger partial charge in [-0.3, -0.25) is 0 Å². The minimum atomic E-state index is 0.126. The highest BCUT2D eigenvalue weighted by Gasteiger charge is 2.34. The summed E-state index contributed by atoms with van der Waals surface area (Å²) in [5, 5.41) is 3.74. The maximum Gasteiger partial charge on any atom is 0.0779 e. The molecule has 88 valence electrons. The van der Waals surface area contributed by atoms with Crippen LogP contribution in [-0.4, -0.2) is 24.8 Å². The Morgan fingerprint density at radius 1 is 1.47 bits per heavy atom. The topological polar surface area (TPSA) is 21.3 Å². The zero-order chi connectivity index (χ0) is 10.7. The van der Waals surface area contributed by atoms with Gasteiger partial charge in [-0.05, 0) is 44.9 Å². The molecule has 1 aliphatic carbocycles. The Balaban J connectivity index is 1.74. The van der Waals surface area contributed by atoms with Gasteiger partial charge in [0.15, 0.2) is 0 Å². The quantitative estimate of drug-likeness (QED) is 0.729. The summed E-state index contributed by atoms with van der Waals surface area (Å²) in [6, 6.07) is 0.760. The van der Waals surface area contributed by atoms with Crippen LogP contribution in [0.3, 0.4) is 0 Å². The van der Waals surface area contributed by atoms with Crippen molar-refractivity contribution in [2.75, 3.05) is 13.2 Å². The van der Waals surface area contributed by atoms with Crippen LogP contribution in [0.25, 0.3) is 0 Å². The Morgan fingerprint density at radius 3 is 2.80 bits per heavy atom. The molecule has 15 heavy (non-hydrogen) atoms. The molecule has 1 N–H and O–H groups in total. The van der Waals surface area contributed by atoms with E-state index in [1.807, 2.05) is 0 Å². The Bertz CT molecular complexity index is 195. The molecule has 2 heteroatoms. The third kappa shape index (κ3) is 3.18. The van der Waals surface area contributed by atoms with Crippen molar-refractivity contribution in [3.63, 3.8) is 0 Å². The Hall–Kier alpha value is -0.0800. The third-order valence-electron chi connectivity index (χ3n) is 3.83. The van der Waals surface area contributed by atoms with Crippen LogP contribution < -0.4 is 5.32 Å². The van der Waals surface area contributed by atoms with Crippen molar-refractivity contribution < 1.29 is 4.74 Å². The third-order valence-corrected chi connectivity index (χ3v) is 3.83. The fourth-order valence-electron chi connectivity index (χ4n) is 2.64. The average Bonchev–Trinajstić information content (AvgIpc) is 2.97. The van der Waals surface area contributed by atoms with E-state index in [0.717, 1.165) is 25.1 Å². The SMILES string of the molecule is CCCC(NCC1(C)CCCO1)C1CC1. The second-order valence-corrected chi connectivity index (χ2v) is 5.52. The van der Waals surface area contributed by atoms with E-state index in [0.29, 0.717) is 0 Å². The van der Waals surface area contributed by atoms with E-state index in [2.05, 4.69) is 19.2 Å². The minimum Gasteiger partial charge on any atom is -0.374 e. The van der Waals surface area contributed by atoms with E-state index in [-0.39, 0.29) is 5.60 Å². The van der Waals surface area contributed by atoms with Crippen molar-refractivity contribution in [2.45, 2.75) is 64.0 Å². The van der Waals surface area contributed by atoms with Crippen LogP contribution in [0, 0.1) is 5.92 Å². The molecular weight excluding hydrogens is 186 g/mol. The smallest absolute Gasteiger partial charge is 0.0779 e. The predicted molar refractivity (Wildman–Crippen MR) is 63.0 cm³/mol. The Morgan fingerprint density at radius 2 is 2.27 bits per heavy atom. The molecule has 0 amide bonds. The first-order chi connectivity index (χ1) is 7.23. The van der Waals surface area contributed by atoms with Gasteiger partial charge in [-0.1, -0.05) is 13.3 Å². The predicted octanol–water partition coefficient (Wildman–Crippen LogP) is 2.72. The number of ether oxygens (including phenoxy) is 1. The van der Waals surface area contributed by atoms with E-state index in [9.17, 15) is 0 Å². The zero-order valence-corrected chi connectivity index (χ0v) is 10.2. The summed E-state index contributed by atoms with van der Waals surface area (Å²) >= 11 is 0. The summed E-state index contributed by atoms with van der Waals surface area (Å²) in [5.74, 6) is 0.968. The summed E-state index contributed by atoms with van der Waals surface area (Å²) in [6.07, 6.45) is 7.97. The molecule has 2 unspecified atom stereocenters. The fraction of sp³-hybridized carbons (Fsp3) is 1.00.